The highest BCUT2D eigenvalue weighted by molar-refractivity contribution is 5.12. The molecule has 0 radical (unpaired) electrons. The summed E-state index contributed by atoms with van der Waals surface area (Å²) in [6.45, 7) is 6.23. The molecule has 2 heterocycles. The smallest absolute Gasteiger partial charge is 0.122 e. The summed E-state index contributed by atoms with van der Waals surface area (Å²) >= 11 is 0. The van der Waals surface area contributed by atoms with Gasteiger partial charge in [-0.15, -0.1) is 0 Å². The minimum Gasteiger partial charge on any atom is -0.315 e. The van der Waals surface area contributed by atoms with Gasteiger partial charge >= 0.3 is 0 Å². The normalized spacial score (nSPS) is 34.2. The lowest BCUT2D eigenvalue weighted by atomic mass is 9.88. The van der Waals surface area contributed by atoms with Gasteiger partial charge in [0.05, 0.1) is 6.07 Å². The van der Waals surface area contributed by atoms with E-state index in [0.29, 0.717) is 0 Å². The van der Waals surface area contributed by atoms with E-state index in [4.69, 9.17) is 0 Å². The highest BCUT2D eigenvalue weighted by Crippen LogP contribution is 2.27. The molecule has 0 saturated carbocycles. The van der Waals surface area contributed by atoms with E-state index in [2.05, 4.69) is 28.2 Å². The molecule has 0 aromatic heterocycles. The van der Waals surface area contributed by atoms with Crippen LogP contribution in [-0.4, -0.2) is 61.7 Å². The lowest BCUT2D eigenvalue weighted by molar-refractivity contribution is 0.0661. The van der Waals surface area contributed by atoms with Gasteiger partial charge in [0.15, 0.2) is 0 Å². The average molecular weight is 222 g/mol. The van der Waals surface area contributed by atoms with Crippen molar-refractivity contribution in [3.63, 3.8) is 0 Å². The van der Waals surface area contributed by atoms with E-state index < -0.39 is 0 Å². The summed E-state index contributed by atoms with van der Waals surface area (Å²) in [6, 6.07) is 2.60. The van der Waals surface area contributed by atoms with Crippen molar-refractivity contribution >= 4 is 0 Å². The minimum absolute atomic E-state index is 0.223. The first-order chi connectivity index (χ1) is 7.77. The Balaban J connectivity index is 2.09. The quantitative estimate of drug-likeness (QED) is 0.691. The fraction of sp³-hybridized carbons (Fsp3) is 0.917. The predicted molar refractivity (Wildman–Crippen MR) is 64.1 cm³/mol. The number of rotatable bonds is 1. The lowest BCUT2D eigenvalue weighted by Crippen LogP contribution is -2.58. The number of hydrogen-bond donors (Lipinski definition) is 1. The van der Waals surface area contributed by atoms with Crippen LogP contribution in [0.25, 0.3) is 0 Å². The van der Waals surface area contributed by atoms with Crippen LogP contribution >= 0.6 is 0 Å². The average Bonchev–Trinajstić information content (AvgIpc) is 2.57. The van der Waals surface area contributed by atoms with Gasteiger partial charge < -0.3 is 10.2 Å². The summed E-state index contributed by atoms with van der Waals surface area (Å²) in [5.74, 6) is 0. The van der Waals surface area contributed by atoms with Crippen molar-refractivity contribution < 1.29 is 0 Å². The van der Waals surface area contributed by atoms with Crippen LogP contribution in [0.15, 0.2) is 0 Å². The molecule has 2 rings (SSSR count). The fourth-order valence-corrected chi connectivity index (χ4v) is 2.94. The maximum atomic E-state index is 9.56. The highest BCUT2D eigenvalue weighted by atomic mass is 15.3. The molecule has 4 heteroatoms. The molecule has 0 aliphatic carbocycles. The molecule has 2 saturated heterocycles. The van der Waals surface area contributed by atoms with E-state index in [0.717, 1.165) is 58.5 Å². The Morgan fingerprint density at radius 3 is 2.81 bits per heavy atom. The lowest BCUT2D eigenvalue weighted by Gasteiger charge is -2.43. The third-order valence-electron chi connectivity index (χ3n) is 3.82. The van der Waals surface area contributed by atoms with Crippen molar-refractivity contribution in [2.24, 2.45) is 0 Å². The molecule has 0 spiro atoms. The second-order valence-electron chi connectivity index (χ2n) is 5.08. The summed E-state index contributed by atoms with van der Waals surface area (Å²) in [7, 11) is 2.13. The SMILES string of the molecule is CN1CCCC(C#N)(N2CCCNCC2)C1. The van der Waals surface area contributed by atoms with Gasteiger partial charge in [0.1, 0.15) is 5.54 Å². The first-order valence-corrected chi connectivity index (χ1v) is 6.32. The van der Waals surface area contributed by atoms with Gasteiger partial charge in [-0.25, -0.2) is 0 Å². The van der Waals surface area contributed by atoms with Crippen molar-refractivity contribution in [2.75, 3.05) is 46.3 Å². The van der Waals surface area contributed by atoms with Crippen LogP contribution in [0, 0.1) is 11.3 Å². The topological polar surface area (TPSA) is 42.3 Å². The van der Waals surface area contributed by atoms with Gasteiger partial charge in [0.25, 0.3) is 0 Å². The Morgan fingerprint density at radius 1 is 1.19 bits per heavy atom. The number of hydrogen-bond acceptors (Lipinski definition) is 4. The minimum atomic E-state index is -0.223. The molecule has 4 nitrogen and oxygen atoms in total. The highest BCUT2D eigenvalue weighted by Gasteiger charge is 2.39. The zero-order valence-corrected chi connectivity index (χ0v) is 10.2. The maximum Gasteiger partial charge on any atom is 0.122 e. The van der Waals surface area contributed by atoms with Gasteiger partial charge in [-0.3, -0.25) is 4.90 Å². The van der Waals surface area contributed by atoms with E-state index >= 15 is 0 Å². The zero-order chi connectivity index (χ0) is 11.4. The molecule has 0 aromatic rings. The van der Waals surface area contributed by atoms with Gasteiger partial charge in [-0.1, -0.05) is 0 Å². The summed E-state index contributed by atoms with van der Waals surface area (Å²) in [6.07, 6.45) is 3.34. The number of likely N-dealkylation sites (tertiary alicyclic amines) is 1. The number of nitriles is 1. The third kappa shape index (κ3) is 2.37. The molecule has 1 N–H and O–H groups in total. The molecule has 16 heavy (non-hydrogen) atoms. The molecular formula is C12H22N4. The predicted octanol–water partition coefficient (Wildman–Crippen LogP) is 0.270. The molecule has 2 fully saturated rings. The van der Waals surface area contributed by atoms with E-state index in [9.17, 15) is 5.26 Å². The molecular weight excluding hydrogens is 200 g/mol. The van der Waals surface area contributed by atoms with Crippen LogP contribution < -0.4 is 5.32 Å². The zero-order valence-electron chi connectivity index (χ0n) is 10.2. The van der Waals surface area contributed by atoms with E-state index in [1.165, 1.54) is 0 Å². The molecule has 2 aliphatic heterocycles. The van der Waals surface area contributed by atoms with Crippen molar-refractivity contribution in [1.82, 2.24) is 15.1 Å². The van der Waals surface area contributed by atoms with Crippen LogP contribution in [0.2, 0.25) is 0 Å². The number of nitrogens with one attached hydrogen (secondary N) is 1. The second kappa shape index (κ2) is 5.13. The van der Waals surface area contributed by atoms with Crippen LogP contribution in [0.5, 0.6) is 0 Å². The Bertz CT molecular complexity index is 265. The molecule has 0 aromatic carbocycles. The van der Waals surface area contributed by atoms with Crippen molar-refractivity contribution in [3.05, 3.63) is 0 Å². The number of nitrogens with zero attached hydrogens (tertiary/aromatic N) is 3. The molecule has 0 bridgehead atoms. The molecule has 0 amide bonds. The first kappa shape index (κ1) is 11.8. The summed E-state index contributed by atoms with van der Waals surface area (Å²) in [5.41, 5.74) is -0.223. The van der Waals surface area contributed by atoms with E-state index in [-0.39, 0.29) is 5.54 Å². The largest absolute Gasteiger partial charge is 0.315 e. The second-order valence-corrected chi connectivity index (χ2v) is 5.08. The van der Waals surface area contributed by atoms with Gasteiger partial charge in [-0.05, 0) is 39.4 Å². The molecule has 1 atom stereocenters. The Kier molecular flexibility index (Phi) is 3.80. The maximum absolute atomic E-state index is 9.56. The summed E-state index contributed by atoms with van der Waals surface area (Å²) in [5, 5.41) is 13.0. The number of piperidine rings is 1. The fourth-order valence-electron chi connectivity index (χ4n) is 2.94. The number of likely N-dealkylation sites (N-methyl/N-ethyl adjacent to an activating group) is 1. The standard InChI is InChI=1S/C12H22N4/c1-15-7-2-4-12(10-13,11-15)16-8-3-5-14-6-9-16/h14H,2-9,11H2,1H3. The Labute approximate surface area is 98.2 Å². The third-order valence-corrected chi connectivity index (χ3v) is 3.82. The molecule has 90 valence electrons. The summed E-state index contributed by atoms with van der Waals surface area (Å²) < 4.78 is 0. The van der Waals surface area contributed by atoms with Gasteiger partial charge in [0, 0.05) is 26.2 Å². The van der Waals surface area contributed by atoms with Crippen LogP contribution in [0.3, 0.4) is 0 Å². The van der Waals surface area contributed by atoms with E-state index in [1.807, 2.05) is 0 Å². The molecule has 2 aliphatic rings. The van der Waals surface area contributed by atoms with Gasteiger partial charge in [0.2, 0.25) is 0 Å². The van der Waals surface area contributed by atoms with E-state index in [1.54, 1.807) is 0 Å². The Morgan fingerprint density at radius 2 is 2.06 bits per heavy atom. The van der Waals surface area contributed by atoms with Crippen LogP contribution in [0.1, 0.15) is 19.3 Å². The van der Waals surface area contributed by atoms with Crippen molar-refractivity contribution in [1.29, 1.82) is 5.26 Å². The Hall–Kier alpha value is -0.630. The van der Waals surface area contributed by atoms with Crippen LogP contribution in [-0.2, 0) is 0 Å². The molecule has 1 unspecified atom stereocenters. The van der Waals surface area contributed by atoms with Crippen molar-refractivity contribution in [2.45, 2.75) is 24.8 Å². The first-order valence-electron chi connectivity index (χ1n) is 6.32. The van der Waals surface area contributed by atoms with Gasteiger partial charge in [-0.2, -0.15) is 5.26 Å². The van der Waals surface area contributed by atoms with Crippen molar-refractivity contribution in [3.8, 4) is 6.07 Å². The monoisotopic (exact) mass is 222 g/mol. The van der Waals surface area contributed by atoms with Crippen LogP contribution in [0.4, 0.5) is 0 Å². The summed E-state index contributed by atoms with van der Waals surface area (Å²) in [4.78, 5) is 4.70.